The van der Waals surface area contributed by atoms with Crippen LogP contribution in [0.25, 0.3) is 0 Å². The summed E-state index contributed by atoms with van der Waals surface area (Å²) in [6.45, 7) is 0. The minimum Gasteiger partial charge on any atom is -0.384 e. The fourth-order valence-corrected chi connectivity index (χ4v) is 0.376. The number of rotatable bonds is 0. The smallest absolute Gasteiger partial charge is 0.384 e. The van der Waals surface area contributed by atoms with Crippen LogP contribution in [0.4, 0.5) is 5.82 Å². The Kier molecular flexibility index (Phi) is 0.941. The highest BCUT2D eigenvalue weighted by Gasteiger charge is 1.73. The normalized spacial score (nSPS) is 8.57. The molecule has 0 atom stereocenters. The lowest BCUT2D eigenvalue weighted by Crippen LogP contribution is -1.85. The topological polar surface area (TPSA) is 38.9 Å². The maximum absolute atomic E-state index is 5.25. The van der Waals surface area contributed by atoms with Crippen LogP contribution in [0.3, 0.4) is 0 Å². The van der Waals surface area contributed by atoms with Crippen molar-refractivity contribution in [2.75, 3.05) is 5.73 Å². The summed E-state index contributed by atoms with van der Waals surface area (Å²) in [5.41, 5.74) is 5.25. The van der Waals surface area contributed by atoms with Crippen LogP contribution in [-0.2, 0) is 0 Å². The number of pyridine rings is 1. The summed E-state index contributed by atoms with van der Waals surface area (Å²) in [6, 6.07) is 5.43. The summed E-state index contributed by atoms with van der Waals surface area (Å²) < 4.78 is 0. The Morgan fingerprint density at radius 3 is 2.71 bits per heavy atom. The molecule has 2 N–H and O–H groups in total. The molecule has 2 nitrogen and oxygen atoms in total. The molecule has 0 aliphatic rings. The zero-order valence-electron chi connectivity index (χ0n) is 4.83. The average Bonchev–Trinajstić information content (AvgIpc) is 1.69. The fourth-order valence-electron chi connectivity index (χ4n) is 0.376. The van der Waals surface area contributed by atoms with E-state index in [1.807, 2.05) is 12.1 Å². The highest BCUT2D eigenvalue weighted by molar-refractivity contribution is 5.25. The van der Waals surface area contributed by atoms with E-state index in [-0.39, 0.29) is 1.43 Å². The molecule has 0 saturated heterocycles. The van der Waals surface area contributed by atoms with Crippen LogP contribution >= 0.6 is 0 Å². The zero-order chi connectivity index (χ0) is 5.11. The van der Waals surface area contributed by atoms with Gasteiger partial charge < -0.3 is 5.73 Å². The molecular formula is C5H7N2+. The van der Waals surface area contributed by atoms with Crippen molar-refractivity contribution in [2.24, 2.45) is 0 Å². The Morgan fingerprint density at radius 2 is 2.43 bits per heavy atom. The first kappa shape index (κ1) is 4.12. The molecule has 1 heterocycles. The minimum absolute atomic E-state index is 0. The third kappa shape index (κ3) is 0.892. The Balaban J connectivity index is 0.000000490. The Hall–Kier alpha value is -1.05. The number of anilines is 1. The van der Waals surface area contributed by atoms with E-state index >= 15 is 0 Å². The molecule has 2 heteroatoms. The van der Waals surface area contributed by atoms with Gasteiger partial charge in [0.15, 0.2) is 0 Å². The van der Waals surface area contributed by atoms with Gasteiger partial charge in [-0.25, -0.2) is 4.98 Å². The van der Waals surface area contributed by atoms with Crippen LogP contribution in [0.2, 0.25) is 0 Å². The van der Waals surface area contributed by atoms with Gasteiger partial charge in [-0.3, -0.25) is 0 Å². The number of nitrogens with zero attached hydrogens (tertiary/aromatic N) is 1. The first-order valence-electron chi connectivity index (χ1n) is 2.06. The van der Waals surface area contributed by atoms with Crippen LogP contribution in [-0.4, -0.2) is 4.98 Å². The molecule has 0 fully saturated rings. The molecule has 0 unspecified atom stereocenters. The van der Waals surface area contributed by atoms with Gasteiger partial charge >= 0.3 is 1.43 Å². The number of aromatic nitrogens is 1. The molecule has 0 aromatic carbocycles. The summed E-state index contributed by atoms with van der Waals surface area (Å²) in [5, 5.41) is 0. The van der Waals surface area contributed by atoms with Gasteiger partial charge in [0, 0.05) is 6.20 Å². The molecule has 0 amide bonds. The third-order valence-corrected chi connectivity index (χ3v) is 0.688. The summed E-state index contributed by atoms with van der Waals surface area (Å²) in [6.07, 6.45) is 1.66. The Morgan fingerprint density at radius 1 is 1.57 bits per heavy atom. The maximum Gasteiger partial charge on any atom is 1.00 e. The number of hydrogen-bond acceptors (Lipinski definition) is 2. The van der Waals surface area contributed by atoms with Gasteiger partial charge in [-0.1, -0.05) is 6.07 Å². The minimum atomic E-state index is 0. The van der Waals surface area contributed by atoms with Crippen molar-refractivity contribution in [3.05, 3.63) is 24.4 Å². The van der Waals surface area contributed by atoms with Crippen LogP contribution < -0.4 is 5.73 Å². The summed E-state index contributed by atoms with van der Waals surface area (Å²) in [5.74, 6) is 0.572. The molecule has 0 bridgehead atoms. The highest BCUT2D eigenvalue weighted by Crippen LogP contribution is 1.89. The second kappa shape index (κ2) is 1.60. The quantitative estimate of drug-likeness (QED) is 0.517. The fraction of sp³-hybridized carbons (Fsp3) is 0. The van der Waals surface area contributed by atoms with E-state index in [9.17, 15) is 0 Å². The van der Waals surface area contributed by atoms with Crippen molar-refractivity contribution in [1.82, 2.24) is 4.98 Å². The van der Waals surface area contributed by atoms with Crippen LogP contribution in [0, 0.1) is 0 Å². The van der Waals surface area contributed by atoms with E-state index in [0.717, 1.165) is 0 Å². The van der Waals surface area contributed by atoms with Crippen molar-refractivity contribution in [1.29, 1.82) is 0 Å². The number of nitrogens with two attached hydrogens (primary N) is 1. The molecule has 0 saturated carbocycles. The molecule has 0 radical (unpaired) electrons. The first-order valence-corrected chi connectivity index (χ1v) is 2.06. The van der Waals surface area contributed by atoms with E-state index in [1.54, 1.807) is 12.3 Å². The molecule has 0 aliphatic carbocycles. The predicted molar refractivity (Wildman–Crippen MR) is 29.8 cm³/mol. The Labute approximate surface area is 43.5 Å². The highest BCUT2D eigenvalue weighted by atomic mass is 14.8. The van der Waals surface area contributed by atoms with Crippen molar-refractivity contribution in [3.63, 3.8) is 0 Å². The van der Waals surface area contributed by atoms with Crippen molar-refractivity contribution >= 4 is 5.82 Å². The molecule has 0 aliphatic heterocycles. The van der Waals surface area contributed by atoms with Gasteiger partial charge in [-0.05, 0) is 12.1 Å². The van der Waals surface area contributed by atoms with E-state index < -0.39 is 0 Å². The third-order valence-electron chi connectivity index (χ3n) is 0.688. The largest absolute Gasteiger partial charge is 1.00 e. The summed E-state index contributed by atoms with van der Waals surface area (Å²) >= 11 is 0. The maximum atomic E-state index is 5.25. The van der Waals surface area contributed by atoms with Crippen LogP contribution in [0.5, 0.6) is 0 Å². The molecule has 1 aromatic rings. The van der Waals surface area contributed by atoms with E-state index in [1.165, 1.54) is 0 Å². The van der Waals surface area contributed by atoms with Crippen molar-refractivity contribution in [3.8, 4) is 0 Å². The van der Waals surface area contributed by atoms with E-state index in [0.29, 0.717) is 5.82 Å². The van der Waals surface area contributed by atoms with E-state index in [4.69, 9.17) is 5.73 Å². The van der Waals surface area contributed by atoms with Gasteiger partial charge in [0.1, 0.15) is 5.82 Å². The first-order chi connectivity index (χ1) is 3.39. The average molecular weight is 95.1 g/mol. The lowest BCUT2D eigenvalue weighted by molar-refractivity contribution is 1.34. The van der Waals surface area contributed by atoms with Crippen LogP contribution in [0.1, 0.15) is 1.43 Å². The second-order valence-corrected chi connectivity index (χ2v) is 1.25. The standard InChI is InChI=1S/C5H6N2/c6-5-3-1-2-4-7-5/h1-4H,(H2,6,7)/p+1. The second-order valence-electron chi connectivity index (χ2n) is 1.25. The molecular weight excluding hydrogens is 88.1 g/mol. The predicted octanol–water partition coefficient (Wildman–Crippen LogP) is 0.776. The van der Waals surface area contributed by atoms with Crippen molar-refractivity contribution < 1.29 is 1.43 Å². The lowest BCUT2D eigenvalue weighted by Gasteiger charge is -1.82. The molecule has 0 spiro atoms. The van der Waals surface area contributed by atoms with Crippen molar-refractivity contribution in [2.45, 2.75) is 0 Å². The van der Waals surface area contributed by atoms with Crippen LogP contribution in [0.15, 0.2) is 24.4 Å². The SMILES string of the molecule is Nc1ccccn1.[H+]. The van der Waals surface area contributed by atoms with Gasteiger partial charge in [0.2, 0.25) is 0 Å². The molecule has 7 heavy (non-hydrogen) atoms. The van der Waals surface area contributed by atoms with Gasteiger partial charge in [-0.15, -0.1) is 0 Å². The lowest BCUT2D eigenvalue weighted by atomic mass is 10.5. The Bertz CT molecular complexity index is 140. The van der Waals surface area contributed by atoms with Gasteiger partial charge in [0.05, 0.1) is 0 Å². The van der Waals surface area contributed by atoms with Gasteiger partial charge in [-0.2, -0.15) is 0 Å². The summed E-state index contributed by atoms with van der Waals surface area (Å²) in [4.78, 5) is 3.76. The molecule has 36 valence electrons. The van der Waals surface area contributed by atoms with Gasteiger partial charge in [0.25, 0.3) is 0 Å². The molecule has 1 aromatic heterocycles. The number of hydrogen-bond donors (Lipinski definition) is 1. The molecule has 1 rings (SSSR count). The summed E-state index contributed by atoms with van der Waals surface area (Å²) in [7, 11) is 0. The monoisotopic (exact) mass is 95.1 g/mol. The van der Waals surface area contributed by atoms with E-state index in [2.05, 4.69) is 4.98 Å². The number of nitrogen functional groups attached to an aromatic ring is 1. The zero-order valence-corrected chi connectivity index (χ0v) is 3.83.